The number of para-hydroxylation sites is 1. The quantitative estimate of drug-likeness (QED) is 0.297. The van der Waals surface area contributed by atoms with E-state index in [0.717, 1.165) is 5.56 Å². The van der Waals surface area contributed by atoms with Crippen LogP contribution in [0.2, 0.25) is 0 Å². The molecule has 0 saturated carbocycles. The van der Waals surface area contributed by atoms with E-state index in [9.17, 15) is 9.36 Å². The Labute approximate surface area is 171 Å². The van der Waals surface area contributed by atoms with E-state index < -0.39 is 19.0 Å². The highest BCUT2D eigenvalue weighted by atomic mass is 31.2. The predicted octanol–water partition coefficient (Wildman–Crippen LogP) is 5.31. The Morgan fingerprint density at radius 1 is 1.10 bits per heavy atom. The smallest absolute Gasteiger partial charge is 0.416 e. The summed E-state index contributed by atoms with van der Waals surface area (Å²) in [6, 6.07) is 15.7. The van der Waals surface area contributed by atoms with Crippen molar-refractivity contribution in [2.24, 2.45) is 5.41 Å². The Kier molecular flexibility index (Phi) is 7.86. The molecule has 2 aromatic rings. The van der Waals surface area contributed by atoms with Gasteiger partial charge in [0.1, 0.15) is 11.5 Å². The molecule has 1 atom stereocenters. The van der Waals surface area contributed by atoms with Gasteiger partial charge in [0, 0.05) is 0 Å². The molecule has 29 heavy (non-hydrogen) atoms. The van der Waals surface area contributed by atoms with Gasteiger partial charge in [0.15, 0.2) is 0 Å². The molecule has 154 valence electrons. The molecular weight excluding hydrogens is 391 g/mol. The summed E-state index contributed by atoms with van der Waals surface area (Å²) < 4.78 is 35.0. The topological polar surface area (TPSA) is 71.1 Å². The zero-order valence-corrected chi connectivity index (χ0v) is 17.7. The summed E-state index contributed by atoms with van der Waals surface area (Å²) in [7, 11) is -2.45. The average molecular weight is 416 g/mol. The Hall–Kier alpha value is -2.78. The fraction of sp³-hybridized carbons (Fsp3) is 0.273. The van der Waals surface area contributed by atoms with Gasteiger partial charge in [0.05, 0.1) is 19.1 Å². The highest BCUT2D eigenvalue weighted by molar-refractivity contribution is 7.54. The van der Waals surface area contributed by atoms with E-state index in [1.165, 1.54) is 7.11 Å². The molecule has 0 saturated heterocycles. The van der Waals surface area contributed by atoms with E-state index >= 15 is 0 Å². The van der Waals surface area contributed by atoms with E-state index in [1.54, 1.807) is 56.3 Å². The zero-order valence-electron chi connectivity index (χ0n) is 16.8. The summed E-state index contributed by atoms with van der Waals surface area (Å²) >= 11 is 0. The minimum Gasteiger partial charge on any atom is -0.480 e. The number of carbonyl (C=O) groups is 1. The van der Waals surface area contributed by atoms with E-state index in [-0.39, 0.29) is 13.0 Å². The number of hydrogen-bond donors (Lipinski definition) is 0. The van der Waals surface area contributed by atoms with E-state index in [2.05, 4.69) is 12.3 Å². The number of carbonyl (C=O) groups excluding carboxylic acids is 1. The van der Waals surface area contributed by atoms with Gasteiger partial charge in [-0.05, 0) is 49.8 Å². The fourth-order valence-electron chi connectivity index (χ4n) is 2.26. The monoisotopic (exact) mass is 416 g/mol. The van der Waals surface area contributed by atoms with Crippen LogP contribution in [0.3, 0.4) is 0 Å². The van der Waals surface area contributed by atoms with Gasteiger partial charge in [-0.3, -0.25) is 9.32 Å². The molecule has 0 aliphatic heterocycles. The molecule has 0 spiro atoms. The van der Waals surface area contributed by atoms with Crippen LogP contribution < -0.4 is 9.26 Å². The van der Waals surface area contributed by atoms with Crippen molar-refractivity contribution in [2.45, 2.75) is 13.8 Å². The first-order chi connectivity index (χ1) is 13.8. The molecule has 0 aliphatic rings. The van der Waals surface area contributed by atoms with Gasteiger partial charge >= 0.3 is 13.6 Å². The first kappa shape index (κ1) is 22.5. The van der Waals surface area contributed by atoms with E-state index in [1.807, 2.05) is 18.2 Å². The van der Waals surface area contributed by atoms with Crippen LogP contribution in [0.25, 0.3) is 6.08 Å². The normalized spacial score (nSPS) is 12.9. The second kappa shape index (κ2) is 10.1. The molecule has 0 aromatic heterocycles. The third-order valence-corrected chi connectivity index (χ3v) is 5.34. The molecule has 0 bridgehead atoms. The summed E-state index contributed by atoms with van der Waals surface area (Å²) in [5, 5.41) is 0. The second-order valence-electron chi connectivity index (χ2n) is 6.86. The minimum atomic E-state index is -3.74. The zero-order chi connectivity index (χ0) is 21.3. The number of benzene rings is 2. The summed E-state index contributed by atoms with van der Waals surface area (Å²) in [6.07, 6.45) is 1.40. The summed E-state index contributed by atoms with van der Waals surface area (Å²) in [5.74, 6) is 0.399. The van der Waals surface area contributed by atoms with Crippen molar-refractivity contribution in [3.05, 3.63) is 72.5 Å². The maximum atomic E-state index is 13.3. The van der Waals surface area contributed by atoms with Gasteiger partial charge in [0.2, 0.25) is 6.35 Å². The third-order valence-electron chi connectivity index (χ3n) is 3.89. The molecule has 6 nitrogen and oxygen atoms in total. The summed E-state index contributed by atoms with van der Waals surface area (Å²) in [5.41, 5.74) is 2.61. The minimum absolute atomic E-state index is 0.157. The van der Waals surface area contributed by atoms with Crippen LogP contribution in [-0.2, 0) is 18.6 Å². The first-order valence-electron chi connectivity index (χ1n) is 8.93. The molecule has 0 fully saturated rings. The highest BCUT2D eigenvalue weighted by Gasteiger charge is 2.35. The van der Waals surface area contributed by atoms with Crippen LogP contribution in [0, 0.1) is 5.41 Å². The third kappa shape index (κ3) is 6.95. The van der Waals surface area contributed by atoms with Gasteiger partial charge in [-0.25, -0.2) is 4.57 Å². The van der Waals surface area contributed by atoms with Crippen LogP contribution in [-0.4, -0.2) is 26.0 Å². The van der Waals surface area contributed by atoms with Crippen LogP contribution in [0.5, 0.6) is 11.5 Å². The lowest BCUT2D eigenvalue weighted by molar-refractivity contribution is -0.152. The standard InChI is InChI=1S/C22H25O6P/c1-5-9-18-12-14-19(15-13-18)26-17-29(24,28-20-10-7-6-8-11-20)27-16-22(2,3)21(23)25-4/h6-15H,1,16-17H2,2-4H3. The molecule has 7 heteroatoms. The van der Waals surface area contributed by atoms with Crippen molar-refractivity contribution in [1.82, 2.24) is 0 Å². The van der Waals surface area contributed by atoms with Gasteiger partial charge < -0.3 is 14.0 Å². The van der Waals surface area contributed by atoms with Crippen molar-refractivity contribution in [1.29, 1.82) is 0 Å². The van der Waals surface area contributed by atoms with Crippen LogP contribution >= 0.6 is 7.60 Å². The number of ether oxygens (including phenoxy) is 2. The van der Waals surface area contributed by atoms with Gasteiger partial charge in [-0.1, -0.05) is 36.9 Å². The summed E-state index contributed by atoms with van der Waals surface area (Å²) in [4.78, 5) is 11.9. The lowest BCUT2D eigenvalue weighted by Gasteiger charge is -2.25. The number of esters is 1. The maximum Gasteiger partial charge on any atom is 0.416 e. The lowest BCUT2D eigenvalue weighted by Crippen LogP contribution is -2.31. The molecule has 0 aliphatic carbocycles. The number of rotatable bonds is 10. The Balaban J connectivity index is 2.14. The number of hydrogen-bond acceptors (Lipinski definition) is 6. The van der Waals surface area contributed by atoms with Crippen LogP contribution in [0.1, 0.15) is 19.4 Å². The highest BCUT2D eigenvalue weighted by Crippen LogP contribution is 2.49. The predicted molar refractivity (Wildman–Crippen MR) is 112 cm³/mol. The fourth-order valence-corrected chi connectivity index (χ4v) is 3.71. The van der Waals surface area contributed by atoms with E-state index in [4.69, 9.17) is 18.5 Å². The van der Waals surface area contributed by atoms with Crippen LogP contribution in [0.15, 0.2) is 66.9 Å². The largest absolute Gasteiger partial charge is 0.480 e. The molecule has 2 aromatic carbocycles. The lowest BCUT2D eigenvalue weighted by atomic mass is 9.95. The van der Waals surface area contributed by atoms with E-state index in [0.29, 0.717) is 11.5 Å². The molecule has 0 amide bonds. The Bertz CT molecular complexity index is 899. The van der Waals surface area contributed by atoms with Gasteiger partial charge in [-0.2, -0.15) is 0 Å². The maximum absolute atomic E-state index is 13.3. The van der Waals surface area contributed by atoms with Crippen molar-refractivity contribution < 1.29 is 27.9 Å². The van der Waals surface area contributed by atoms with Gasteiger partial charge in [0.25, 0.3) is 0 Å². The molecule has 0 N–H and O–H groups in total. The molecule has 1 unspecified atom stereocenters. The second-order valence-corrected chi connectivity index (χ2v) is 8.78. The Morgan fingerprint density at radius 2 is 1.76 bits per heavy atom. The molecule has 0 radical (unpaired) electrons. The van der Waals surface area contributed by atoms with Crippen molar-refractivity contribution >= 4 is 19.6 Å². The number of methoxy groups -OCH3 is 1. The molecule has 2 rings (SSSR count). The van der Waals surface area contributed by atoms with Crippen molar-refractivity contribution in [2.75, 3.05) is 20.1 Å². The van der Waals surface area contributed by atoms with Gasteiger partial charge in [-0.15, -0.1) is 5.73 Å². The SMILES string of the molecule is C=C=Cc1ccc(OCP(=O)(OCC(C)(C)C(=O)OC)Oc2ccccc2)cc1. The van der Waals surface area contributed by atoms with Crippen LogP contribution in [0.4, 0.5) is 0 Å². The molecular formula is C22H25O6P. The summed E-state index contributed by atoms with van der Waals surface area (Å²) in [6.45, 7) is 6.65. The molecule has 0 heterocycles. The average Bonchev–Trinajstić information content (AvgIpc) is 2.72. The Morgan fingerprint density at radius 3 is 2.34 bits per heavy atom. The van der Waals surface area contributed by atoms with Crippen molar-refractivity contribution in [3.8, 4) is 11.5 Å². The first-order valence-corrected chi connectivity index (χ1v) is 10.7. The van der Waals surface area contributed by atoms with Crippen molar-refractivity contribution in [3.63, 3.8) is 0 Å².